The largest absolute Gasteiger partial charge is 0.311 e. The van der Waals surface area contributed by atoms with Gasteiger partial charge >= 0.3 is 0 Å². The summed E-state index contributed by atoms with van der Waals surface area (Å²) in [4.78, 5) is 0. The zero-order valence-corrected chi connectivity index (χ0v) is 15.0. The van der Waals surface area contributed by atoms with E-state index in [9.17, 15) is 0 Å². The highest BCUT2D eigenvalue weighted by molar-refractivity contribution is 8.01. The molecular formula is C13H17N2OPS3. The molecule has 1 unspecified atom stereocenters. The Labute approximate surface area is 135 Å². The Kier molecular flexibility index (Phi) is 6.28. The van der Waals surface area contributed by atoms with Gasteiger partial charge in [0, 0.05) is 45.4 Å². The lowest BCUT2D eigenvalue weighted by atomic mass is 10.2. The molecule has 1 N–H and O–H groups in total. The smallest absolute Gasteiger partial charge is 0.0898 e. The van der Waals surface area contributed by atoms with Crippen molar-refractivity contribution in [3.63, 3.8) is 0 Å². The van der Waals surface area contributed by atoms with Crippen molar-refractivity contribution in [2.24, 2.45) is 0 Å². The molecule has 1 aliphatic rings. The fourth-order valence-electron chi connectivity index (χ4n) is 1.85. The Hall–Kier alpha value is -0.150. The van der Waals surface area contributed by atoms with Crippen molar-refractivity contribution >= 4 is 50.9 Å². The van der Waals surface area contributed by atoms with Gasteiger partial charge in [-0.25, -0.2) is 0 Å². The third-order valence-electron chi connectivity index (χ3n) is 2.62. The number of nitrogens with one attached hydrogen (secondary N) is 1. The van der Waals surface area contributed by atoms with E-state index < -0.39 is 0 Å². The van der Waals surface area contributed by atoms with Gasteiger partial charge in [0.15, 0.2) is 0 Å². The Balaban J connectivity index is 2.20. The molecule has 0 saturated heterocycles. The van der Waals surface area contributed by atoms with Gasteiger partial charge < -0.3 is 9.62 Å². The number of fused-ring (bicyclic) bond motifs is 1. The summed E-state index contributed by atoms with van der Waals surface area (Å²) in [5.41, 5.74) is 2.52. The predicted molar refractivity (Wildman–Crippen MR) is 93.5 cm³/mol. The predicted octanol–water partition coefficient (Wildman–Crippen LogP) is 3.86. The minimum atomic E-state index is 0.434. The summed E-state index contributed by atoms with van der Waals surface area (Å²) < 4.78 is 9.86. The molecule has 1 atom stereocenters. The van der Waals surface area contributed by atoms with Gasteiger partial charge in [0.1, 0.15) is 0 Å². The minimum absolute atomic E-state index is 0.434. The second kappa shape index (κ2) is 7.74. The lowest BCUT2D eigenvalue weighted by molar-refractivity contribution is 0.461. The van der Waals surface area contributed by atoms with E-state index in [0.29, 0.717) is 12.6 Å². The molecule has 0 amide bonds. The summed E-state index contributed by atoms with van der Waals surface area (Å²) in [7, 11) is 2.27. The molecule has 0 spiro atoms. The molecule has 0 radical (unpaired) electrons. The lowest BCUT2D eigenvalue weighted by Crippen LogP contribution is -2.31. The summed E-state index contributed by atoms with van der Waals surface area (Å²) in [6.45, 7) is 5.77. The number of nitrogens with zero attached hydrogens (tertiary/aromatic N) is 1. The zero-order valence-electron chi connectivity index (χ0n) is 11.4. The number of thiophene rings is 1. The van der Waals surface area contributed by atoms with Gasteiger partial charge in [-0.3, -0.25) is 3.97 Å². The monoisotopic (exact) mass is 344 g/mol. The topological polar surface area (TPSA) is 24.5 Å². The van der Waals surface area contributed by atoms with E-state index in [2.05, 4.69) is 51.0 Å². The summed E-state index contributed by atoms with van der Waals surface area (Å²) in [6.07, 6.45) is 7.52. The highest BCUT2D eigenvalue weighted by Crippen LogP contribution is 2.45. The van der Waals surface area contributed by atoms with E-state index >= 15 is 0 Å². The second-order valence-corrected chi connectivity index (χ2v) is 8.37. The highest BCUT2D eigenvalue weighted by Gasteiger charge is 2.23. The average Bonchev–Trinajstić information content (AvgIpc) is 2.79. The molecule has 1 aliphatic heterocycles. The van der Waals surface area contributed by atoms with E-state index in [1.54, 1.807) is 23.3 Å². The van der Waals surface area contributed by atoms with Crippen LogP contribution in [0, 0.1) is 12.3 Å². The van der Waals surface area contributed by atoms with Crippen molar-refractivity contribution in [3.8, 4) is 12.3 Å². The molecule has 2 rings (SSSR count). The van der Waals surface area contributed by atoms with Gasteiger partial charge in [-0.15, -0.1) is 17.8 Å². The first-order chi connectivity index (χ1) is 9.65. The minimum Gasteiger partial charge on any atom is -0.311 e. The first-order valence-electron chi connectivity index (χ1n) is 6.15. The highest BCUT2D eigenvalue weighted by atomic mass is 32.2. The van der Waals surface area contributed by atoms with Crippen LogP contribution in [0.2, 0.25) is 0 Å². The van der Waals surface area contributed by atoms with Crippen LogP contribution in [0.4, 0.5) is 0 Å². The number of rotatable bonds is 6. The summed E-state index contributed by atoms with van der Waals surface area (Å²) in [5.74, 6) is 2.61. The fourth-order valence-corrected chi connectivity index (χ4v) is 5.41. The van der Waals surface area contributed by atoms with Crippen molar-refractivity contribution in [2.75, 3.05) is 13.1 Å². The maximum absolute atomic E-state index is 5.28. The maximum atomic E-state index is 5.28. The normalized spacial score (nSPS) is 14.2. The van der Waals surface area contributed by atoms with Crippen molar-refractivity contribution in [1.29, 1.82) is 0 Å². The van der Waals surface area contributed by atoms with Crippen LogP contribution in [0.15, 0.2) is 20.2 Å². The van der Waals surface area contributed by atoms with E-state index in [4.69, 9.17) is 10.4 Å². The number of hydrogen-bond donors (Lipinski definition) is 1. The van der Waals surface area contributed by atoms with Crippen molar-refractivity contribution in [1.82, 2.24) is 9.62 Å². The van der Waals surface area contributed by atoms with Gasteiger partial charge in [0.2, 0.25) is 0 Å². The lowest BCUT2D eigenvalue weighted by Gasteiger charge is -2.32. The molecule has 2 heterocycles. The van der Waals surface area contributed by atoms with Crippen LogP contribution in [0.25, 0.3) is 6.08 Å². The van der Waals surface area contributed by atoms with E-state index in [-0.39, 0.29) is 0 Å². The third-order valence-corrected chi connectivity index (χ3v) is 6.21. The zero-order chi connectivity index (χ0) is 14.5. The standard InChI is InChI=1S/C13H17N2OPS3/c1-4-5-14-8-11-6-10-7-12(20-16-17)18-13(10)19-15(11)9(2)3/h1,6-7,9,14H,5,8,17H2,2-3H3. The SMILES string of the molecule is C#CCNCC1=Cc2cc(SOP)sc2SN1C(C)C. The van der Waals surface area contributed by atoms with Crippen LogP contribution in [-0.4, -0.2) is 23.4 Å². The molecule has 0 aromatic carbocycles. The fraction of sp³-hybridized carbons (Fsp3) is 0.385. The first-order valence-corrected chi connectivity index (χ1v) is 8.95. The Morgan fingerprint density at radius 1 is 1.60 bits per heavy atom. The van der Waals surface area contributed by atoms with E-state index in [0.717, 1.165) is 10.8 Å². The van der Waals surface area contributed by atoms with Crippen molar-refractivity contribution in [2.45, 2.75) is 28.3 Å². The molecule has 0 fully saturated rings. The molecule has 20 heavy (non-hydrogen) atoms. The van der Waals surface area contributed by atoms with Crippen LogP contribution in [-0.2, 0) is 3.97 Å². The van der Waals surface area contributed by atoms with Crippen LogP contribution >= 0.6 is 44.8 Å². The molecule has 0 bridgehead atoms. The molecule has 3 nitrogen and oxygen atoms in total. The summed E-state index contributed by atoms with van der Waals surface area (Å²) >= 11 is 4.93. The molecule has 1 aromatic heterocycles. The molecule has 7 heteroatoms. The Bertz CT molecular complexity index is 536. The molecule has 0 aliphatic carbocycles. The molecule has 0 saturated carbocycles. The van der Waals surface area contributed by atoms with E-state index in [1.807, 2.05) is 0 Å². The third kappa shape index (κ3) is 3.94. The summed E-state index contributed by atoms with van der Waals surface area (Å²) in [5, 5.41) is 3.26. The van der Waals surface area contributed by atoms with Gasteiger partial charge in [-0.05, 0) is 37.9 Å². The van der Waals surface area contributed by atoms with Crippen LogP contribution in [0.5, 0.6) is 0 Å². The molecule has 108 valence electrons. The number of hydrogen-bond acceptors (Lipinski definition) is 6. The second-order valence-electron chi connectivity index (χ2n) is 4.44. The average molecular weight is 344 g/mol. The van der Waals surface area contributed by atoms with Crippen LogP contribution in [0.1, 0.15) is 19.4 Å². The molecule has 1 aromatic rings. The molecular weight excluding hydrogens is 327 g/mol. The van der Waals surface area contributed by atoms with Crippen LogP contribution in [0.3, 0.4) is 0 Å². The van der Waals surface area contributed by atoms with Crippen molar-refractivity contribution < 1.29 is 3.97 Å². The maximum Gasteiger partial charge on any atom is 0.0898 e. The van der Waals surface area contributed by atoms with Crippen molar-refractivity contribution in [3.05, 3.63) is 17.3 Å². The van der Waals surface area contributed by atoms with Gasteiger partial charge in [-0.2, -0.15) is 0 Å². The van der Waals surface area contributed by atoms with Gasteiger partial charge in [0.25, 0.3) is 0 Å². The first kappa shape index (κ1) is 16.2. The summed E-state index contributed by atoms with van der Waals surface area (Å²) in [6, 6.07) is 2.60. The van der Waals surface area contributed by atoms with Gasteiger partial charge in [0.05, 0.1) is 15.0 Å². The Morgan fingerprint density at radius 3 is 3.05 bits per heavy atom. The van der Waals surface area contributed by atoms with Crippen LogP contribution < -0.4 is 5.32 Å². The van der Waals surface area contributed by atoms with Gasteiger partial charge in [-0.1, -0.05) is 5.92 Å². The number of terminal acetylenes is 1. The van der Waals surface area contributed by atoms with E-state index in [1.165, 1.54) is 27.5 Å². The quantitative estimate of drug-likeness (QED) is 0.278. The Morgan fingerprint density at radius 2 is 2.40 bits per heavy atom.